The quantitative estimate of drug-likeness (QED) is 0.0845. The molecule has 7 heterocycles. The first-order valence-electron chi connectivity index (χ1n) is 25.1. The molecule has 2 aromatic heterocycles. The summed E-state index contributed by atoms with van der Waals surface area (Å²) in [4.78, 5) is 77.3. The Morgan fingerprint density at radius 2 is 1.62 bits per heavy atom. The molecule has 4 fully saturated rings. The molecule has 17 nitrogen and oxygen atoms in total. The maximum atomic E-state index is 14.0. The fourth-order valence-electron chi connectivity index (χ4n) is 11.4. The molecule has 0 saturated carbocycles. The number of piperidine rings is 2. The average molecular weight is 1060 g/mol. The molecule has 0 spiro atoms. The molecule has 5 aliphatic heterocycles. The van der Waals surface area contributed by atoms with E-state index in [1.54, 1.807) is 37.7 Å². The Labute approximate surface area is 428 Å². The molecule has 5 aliphatic rings. The first-order valence-corrected chi connectivity index (χ1v) is 28.5. The normalized spacial score (nSPS) is 20.8. The van der Waals surface area contributed by atoms with Crippen molar-refractivity contribution in [3.8, 4) is 5.75 Å². The predicted molar refractivity (Wildman–Crippen MR) is 286 cm³/mol. The molecule has 0 bridgehead atoms. The van der Waals surface area contributed by atoms with E-state index in [4.69, 9.17) is 9.72 Å². The van der Waals surface area contributed by atoms with Crippen LogP contribution in [0.15, 0.2) is 71.5 Å². The molecule has 0 radical (unpaired) electrons. The van der Waals surface area contributed by atoms with Crippen molar-refractivity contribution in [1.29, 1.82) is 0 Å². The Morgan fingerprint density at radius 3 is 2.35 bits per heavy atom. The summed E-state index contributed by atoms with van der Waals surface area (Å²) < 4.78 is 20.2. The van der Waals surface area contributed by atoms with Gasteiger partial charge in [-0.05, 0) is 117 Å². The van der Waals surface area contributed by atoms with E-state index < -0.39 is 24.5 Å². The highest BCUT2D eigenvalue weighted by Gasteiger charge is 2.49. The Bertz CT molecular complexity index is 3020. The van der Waals surface area contributed by atoms with Gasteiger partial charge in [0.1, 0.15) is 24.8 Å². The zero-order valence-corrected chi connectivity index (χ0v) is 44.3. The highest BCUT2D eigenvalue weighted by Crippen LogP contribution is 2.46. The number of nitrogens with one attached hydrogen (secondary N) is 3. The van der Waals surface area contributed by atoms with E-state index in [9.17, 15) is 23.7 Å². The van der Waals surface area contributed by atoms with E-state index in [-0.39, 0.29) is 30.1 Å². The number of hydrogen-bond acceptors (Lipinski definition) is 14. The van der Waals surface area contributed by atoms with Crippen LogP contribution in [0.25, 0.3) is 10.9 Å². The summed E-state index contributed by atoms with van der Waals surface area (Å²) in [6, 6.07) is 17.6. The molecule has 4 amide bonds. The van der Waals surface area contributed by atoms with Gasteiger partial charge in [-0.2, -0.15) is 4.98 Å². The molecule has 1 unspecified atom stereocenters. The van der Waals surface area contributed by atoms with Gasteiger partial charge in [0.25, 0.3) is 0 Å². The van der Waals surface area contributed by atoms with Gasteiger partial charge in [-0.3, -0.25) is 39.3 Å². The molecule has 3 N–H and O–H groups in total. The monoisotopic (exact) mass is 1060 g/mol. The van der Waals surface area contributed by atoms with E-state index in [2.05, 4.69) is 86.6 Å². The summed E-state index contributed by atoms with van der Waals surface area (Å²) in [5.74, 6) is 0.782. The van der Waals surface area contributed by atoms with Crippen LogP contribution in [0.1, 0.15) is 64.0 Å². The van der Waals surface area contributed by atoms with E-state index in [1.165, 1.54) is 5.56 Å². The van der Waals surface area contributed by atoms with Crippen LogP contribution < -0.4 is 40.7 Å². The van der Waals surface area contributed by atoms with Crippen LogP contribution in [-0.2, 0) is 35.6 Å². The summed E-state index contributed by atoms with van der Waals surface area (Å²) >= 11 is 3.61. The number of aromatic nitrogens is 3. The Balaban J connectivity index is 0.738. The summed E-state index contributed by atoms with van der Waals surface area (Å²) in [7, 11) is -1.06. The fourth-order valence-corrected chi connectivity index (χ4v) is 13.2. The second-order valence-corrected chi connectivity index (χ2v) is 24.5. The van der Waals surface area contributed by atoms with Gasteiger partial charge in [0.15, 0.2) is 0 Å². The number of piperazine rings is 1. The molecule has 4 saturated heterocycles. The number of aryl methyl sites for hydroxylation is 1. The summed E-state index contributed by atoms with van der Waals surface area (Å²) in [6.45, 7) is 15.8. The van der Waals surface area contributed by atoms with Gasteiger partial charge >= 0.3 is 0 Å². The first-order chi connectivity index (χ1) is 34.5. The van der Waals surface area contributed by atoms with Gasteiger partial charge < -0.3 is 34.6 Å². The Morgan fingerprint density at radius 1 is 0.875 bits per heavy atom. The van der Waals surface area contributed by atoms with Gasteiger partial charge in [-0.1, -0.05) is 25.1 Å². The van der Waals surface area contributed by atoms with Crippen LogP contribution in [-0.4, -0.2) is 133 Å². The maximum Gasteiger partial charge on any atom is 0.249 e. The molecule has 19 heteroatoms. The summed E-state index contributed by atoms with van der Waals surface area (Å²) in [5.41, 5.74) is 6.21. The van der Waals surface area contributed by atoms with Crippen molar-refractivity contribution in [2.75, 3.05) is 98.1 Å². The van der Waals surface area contributed by atoms with E-state index in [0.29, 0.717) is 70.8 Å². The smallest absolute Gasteiger partial charge is 0.249 e. The number of ether oxygens (including phenoxy) is 1. The number of benzene rings is 3. The zero-order valence-electron chi connectivity index (χ0n) is 41.8. The molecular formula is C53H63BrN11O6P. The summed E-state index contributed by atoms with van der Waals surface area (Å²) in [5, 5.41) is 10.7. The lowest BCUT2D eigenvalue weighted by molar-refractivity contribution is -0.137. The zero-order chi connectivity index (χ0) is 50.6. The van der Waals surface area contributed by atoms with Gasteiger partial charge in [0.05, 0.1) is 46.0 Å². The molecule has 72 heavy (non-hydrogen) atoms. The first kappa shape index (κ1) is 49.5. The molecule has 0 aliphatic carbocycles. The number of amides is 4. The fraction of sp³-hybridized carbons (Fsp3) is 0.453. The minimum absolute atomic E-state index is 0.0996. The van der Waals surface area contributed by atoms with Crippen LogP contribution in [0.2, 0.25) is 0 Å². The molecule has 3 aromatic carbocycles. The maximum absolute atomic E-state index is 14.0. The number of rotatable bonds is 12. The van der Waals surface area contributed by atoms with Crippen LogP contribution >= 0.6 is 23.1 Å². The lowest BCUT2D eigenvalue weighted by atomic mass is 9.86. The molecule has 10 rings (SSSR count). The number of para-hydroxylation sites is 1. The SMILES string of the molecule is CCc1cc(Nc2ncc(Br)c(Nc3cnc4ccccc4c3P(C)(C)=O)n2)c(OC)cc1N1CCC(N2CCN(C(=O)[C@H]3CCN(c4ccc5c(c4)C(C)(C)C(=O)N5C4CCC(=O)NC4=O)C3)CC2)CC1. The van der Waals surface area contributed by atoms with Gasteiger partial charge in [-0.15, -0.1) is 0 Å². The van der Waals surface area contributed by atoms with Crippen LogP contribution in [0.4, 0.5) is 40.2 Å². The van der Waals surface area contributed by atoms with Crippen molar-refractivity contribution in [2.24, 2.45) is 5.92 Å². The van der Waals surface area contributed by atoms with E-state index in [0.717, 1.165) is 91.9 Å². The second kappa shape index (κ2) is 19.7. The predicted octanol–water partition coefficient (Wildman–Crippen LogP) is 7.16. The van der Waals surface area contributed by atoms with Crippen molar-refractivity contribution < 1.29 is 28.5 Å². The number of anilines is 7. The van der Waals surface area contributed by atoms with Gasteiger partial charge in [-0.25, -0.2) is 4.98 Å². The molecular weight excluding hydrogens is 998 g/mol. The number of halogens is 1. The van der Waals surface area contributed by atoms with Crippen molar-refractivity contribution in [1.82, 2.24) is 30.1 Å². The molecule has 378 valence electrons. The highest BCUT2D eigenvalue weighted by molar-refractivity contribution is 9.10. The highest BCUT2D eigenvalue weighted by atomic mass is 79.9. The minimum Gasteiger partial charge on any atom is -0.494 e. The van der Waals surface area contributed by atoms with E-state index >= 15 is 0 Å². The number of methoxy groups -OCH3 is 1. The Hall–Kier alpha value is -6.10. The Kier molecular flexibility index (Phi) is 13.6. The number of fused-ring (bicyclic) bond motifs is 2. The van der Waals surface area contributed by atoms with Gasteiger partial charge in [0, 0.05) is 105 Å². The van der Waals surface area contributed by atoms with Crippen molar-refractivity contribution in [2.45, 2.75) is 76.8 Å². The minimum atomic E-state index is -2.73. The lowest BCUT2D eigenvalue weighted by Crippen LogP contribution is -2.55. The number of nitrogens with zero attached hydrogens (tertiary/aromatic N) is 8. The van der Waals surface area contributed by atoms with Crippen molar-refractivity contribution in [3.63, 3.8) is 0 Å². The van der Waals surface area contributed by atoms with Gasteiger partial charge in [0.2, 0.25) is 29.6 Å². The van der Waals surface area contributed by atoms with Crippen molar-refractivity contribution >= 4 is 103 Å². The third-order valence-corrected chi connectivity index (χ3v) is 17.5. The third kappa shape index (κ3) is 9.41. The number of carbonyl (C=O) groups excluding carboxylic acids is 4. The third-order valence-electron chi connectivity index (χ3n) is 15.3. The summed E-state index contributed by atoms with van der Waals surface area (Å²) in [6.07, 6.45) is 7.52. The number of hydrogen-bond donors (Lipinski definition) is 3. The van der Waals surface area contributed by atoms with Crippen LogP contribution in [0.3, 0.4) is 0 Å². The van der Waals surface area contributed by atoms with E-state index in [1.807, 2.05) is 50.2 Å². The average Bonchev–Trinajstić information content (AvgIpc) is 3.94. The topological polar surface area (TPSA) is 186 Å². The second-order valence-electron chi connectivity index (χ2n) is 20.5. The molecule has 2 atom stereocenters. The number of imide groups is 1. The standard InChI is InChI=1S/C53H63BrN11O6P/c1-7-32-26-40(58-52-56-29-38(54)48(60-52)57-41-30-55-39-11-9-8-10-36(39)47(41)72(5,6)70)45(71-4)28-44(32)62-20-17-34(18-21-62)61-22-24-63(25-23-61)50(68)33-16-19-64(31-33)35-12-13-42-37(27-35)53(2,3)51(69)65(42)43-14-15-46(66)59-49(43)67/h8-13,26-30,33-34,43H,7,14-25,31H2,1-6H3,(H,59,66,67)(H2,56,57,58,60)/t33-,43?/m0/s1. The largest absolute Gasteiger partial charge is 0.494 e. The lowest BCUT2D eigenvalue weighted by Gasteiger charge is -2.44. The number of carbonyl (C=O) groups is 4. The van der Waals surface area contributed by atoms with Crippen LogP contribution in [0.5, 0.6) is 5.75 Å². The van der Waals surface area contributed by atoms with Crippen molar-refractivity contribution in [3.05, 3.63) is 82.6 Å². The number of pyridine rings is 1. The molecule has 5 aromatic rings. The van der Waals surface area contributed by atoms with Crippen LogP contribution in [0, 0.1) is 5.92 Å².